The summed E-state index contributed by atoms with van der Waals surface area (Å²) >= 11 is 0. The fourth-order valence-electron chi connectivity index (χ4n) is 1.91. The van der Waals surface area contributed by atoms with Gasteiger partial charge in [0.1, 0.15) is 17.0 Å². The molecular formula is C16H17N3O. The largest absolute Gasteiger partial charge is 0.496 e. The van der Waals surface area contributed by atoms with E-state index in [2.05, 4.69) is 16.0 Å². The average Bonchev–Trinajstić information content (AvgIpc) is 2.47. The molecule has 0 aliphatic heterocycles. The first kappa shape index (κ1) is 14.0. The van der Waals surface area contributed by atoms with Gasteiger partial charge in [-0.15, -0.1) is 0 Å². The van der Waals surface area contributed by atoms with Crippen molar-refractivity contribution in [3.05, 3.63) is 41.9 Å². The minimum atomic E-state index is -0.697. The van der Waals surface area contributed by atoms with Gasteiger partial charge in [-0.25, -0.2) is 9.97 Å². The van der Waals surface area contributed by atoms with Gasteiger partial charge in [0.25, 0.3) is 0 Å². The Kier molecular flexibility index (Phi) is 3.71. The molecule has 0 radical (unpaired) electrons. The van der Waals surface area contributed by atoms with E-state index in [-0.39, 0.29) is 0 Å². The Morgan fingerprint density at radius 1 is 1.25 bits per heavy atom. The van der Waals surface area contributed by atoms with Crippen molar-refractivity contribution >= 4 is 0 Å². The zero-order valence-corrected chi connectivity index (χ0v) is 12.1. The van der Waals surface area contributed by atoms with E-state index >= 15 is 0 Å². The monoisotopic (exact) mass is 267 g/mol. The highest BCUT2D eigenvalue weighted by Gasteiger charge is 2.23. The number of nitrogens with zero attached hydrogens (tertiary/aromatic N) is 3. The Bertz CT molecular complexity index is 672. The van der Waals surface area contributed by atoms with Crippen molar-refractivity contribution < 1.29 is 4.74 Å². The van der Waals surface area contributed by atoms with Crippen LogP contribution in [0.4, 0.5) is 0 Å². The third-order valence-corrected chi connectivity index (χ3v) is 3.18. The summed E-state index contributed by atoms with van der Waals surface area (Å²) in [4.78, 5) is 8.71. The molecule has 0 atom stereocenters. The highest BCUT2D eigenvalue weighted by molar-refractivity contribution is 5.61. The lowest BCUT2D eigenvalue weighted by molar-refractivity contribution is 0.412. The molecule has 1 heterocycles. The minimum absolute atomic E-state index is 0.533. The molecule has 0 aliphatic rings. The Morgan fingerprint density at radius 3 is 2.60 bits per heavy atom. The maximum absolute atomic E-state index is 9.17. The molecule has 0 amide bonds. The van der Waals surface area contributed by atoms with Crippen LogP contribution < -0.4 is 4.74 Å². The molecule has 0 spiro atoms. The predicted octanol–water partition coefficient (Wildman–Crippen LogP) is 3.26. The molecule has 2 aromatic rings. The van der Waals surface area contributed by atoms with E-state index in [1.807, 2.05) is 45.0 Å². The lowest BCUT2D eigenvalue weighted by Crippen LogP contribution is -2.18. The third kappa shape index (κ3) is 2.62. The number of rotatable bonds is 3. The molecule has 1 aromatic carbocycles. The quantitative estimate of drug-likeness (QED) is 0.856. The van der Waals surface area contributed by atoms with Crippen molar-refractivity contribution in [3.63, 3.8) is 0 Å². The van der Waals surface area contributed by atoms with Gasteiger partial charge in [0, 0.05) is 11.8 Å². The molecule has 4 nitrogen and oxygen atoms in total. The molecule has 4 heteroatoms. The highest BCUT2D eigenvalue weighted by atomic mass is 16.5. The van der Waals surface area contributed by atoms with Gasteiger partial charge in [0.05, 0.1) is 18.9 Å². The summed E-state index contributed by atoms with van der Waals surface area (Å²) in [6.45, 7) is 5.61. The summed E-state index contributed by atoms with van der Waals surface area (Å²) < 4.78 is 5.26. The Hall–Kier alpha value is -2.41. The van der Waals surface area contributed by atoms with Crippen LogP contribution in [0.3, 0.4) is 0 Å². The van der Waals surface area contributed by atoms with Crippen molar-refractivity contribution in [1.29, 1.82) is 5.26 Å². The molecule has 102 valence electrons. The number of nitriles is 1. The van der Waals surface area contributed by atoms with Crippen LogP contribution in [-0.2, 0) is 5.41 Å². The molecule has 0 aliphatic carbocycles. The molecule has 20 heavy (non-hydrogen) atoms. The summed E-state index contributed by atoms with van der Waals surface area (Å²) in [5.74, 6) is 1.38. The molecule has 0 fully saturated rings. The second kappa shape index (κ2) is 5.30. The summed E-state index contributed by atoms with van der Waals surface area (Å²) in [6.07, 6.45) is 1.69. The lowest BCUT2D eigenvalue weighted by atomic mass is 9.94. The van der Waals surface area contributed by atoms with Crippen LogP contribution in [-0.4, -0.2) is 17.1 Å². The summed E-state index contributed by atoms with van der Waals surface area (Å²) in [5.41, 5.74) is 2.15. The Morgan fingerprint density at radius 2 is 2.00 bits per heavy atom. The second-order valence-electron chi connectivity index (χ2n) is 5.19. The fraction of sp³-hybridized carbons (Fsp3) is 0.312. The van der Waals surface area contributed by atoms with Crippen LogP contribution in [0.25, 0.3) is 11.3 Å². The third-order valence-electron chi connectivity index (χ3n) is 3.18. The first-order valence-electron chi connectivity index (χ1n) is 6.38. The van der Waals surface area contributed by atoms with Crippen molar-refractivity contribution in [2.24, 2.45) is 0 Å². The van der Waals surface area contributed by atoms with Gasteiger partial charge < -0.3 is 4.74 Å². The van der Waals surface area contributed by atoms with Gasteiger partial charge in [0.15, 0.2) is 0 Å². The maximum Gasteiger partial charge on any atom is 0.148 e. The van der Waals surface area contributed by atoms with E-state index in [0.29, 0.717) is 5.82 Å². The number of methoxy groups -OCH3 is 1. The van der Waals surface area contributed by atoms with Crippen LogP contribution in [0.15, 0.2) is 30.5 Å². The van der Waals surface area contributed by atoms with Gasteiger partial charge in [-0.1, -0.05) is 0 Å². The summed E-state index contributed by atoms with van der Waals surface area (Å²) in [5, 5.41) is 9.17. The SMILES string of the molecule is COc1ccc(-c2ccnc(C(C)(C)C#N)n2)cc1C. The van der Waals surface area contributed by atoms with Gasteiger partial charge in [-0.05, 0) is 50.6 Å². The number of ether oxygens (including phenoxy) is 1. The summed E-state index contributed by atoms with van der Waals surface area (Å²) in [7, 11) is 1.65. The van der Waals surface area contributed by atoms with Gasteiger partial charge >= 0.3 is 0 Å². The van der Waals surface area contributed by atoms with E-state index in [1.165, 1.54) is 0 Å². The Labute approximate surface area is 119 Å². The van der Waals surface area contributed by atoms with E-state index in [1.54, 1.807) is 13.3 Å². The average molecular weight is 267 g/mol. The van der Waals surface area contributed by atoms with E-state index in [9.17, 15) is 5.26 Å². The molecule has 0 N–H and O–H groups in total. The number of aromatic nitrogens is 2. The van der Waals surface area contributed by atoms with Crippen molar-refractivity contribution in [2.45, 2.75) is 26.2 Å². The van der Waals surface area contributed by atoms with E-state index in [4.69, 9.17) is 4.74 Å². The van der Waals surface area contributed by atoms with Crippen LogP contribution in [0, 0.1) is 18.3 Å². The van der Waals surface area contributed by atoms with Gasteiger partial charge in [0.2, 0.25) is 0 Å². The Balaban J connectivity index is 2.47. The van der Waals surface area contributed by atoms with Crippen LogP contribution in [0.1, 0.15) is 25.2 Å². The van der Waals surface area contributed by atoms with Crippen molar-refractivity contribution in [1.82, 2.24) is 9.97 Å². The smallest absolute Gasteiger partial charge is 0.148 e. The second-order valence-corrected chi connectivity index (χ2v) is 5.19. The molecule has 0 bridgehead atoms. The lowest BCUT2D eigenvalue weighted by Gasteiger charge is -2.14. The molecule has 0 saturated carbocycles. The van der Waals surface area contributed by atoms with Gasteiger partial charge in [-0.3, -0.25) is 0 Å². The zero-order valence-electron chi connectivity index (χ0n) is 12.1. The van der Waals surface area contributed by atoms with Gasteiger partial charge in [-0.2, -0.15) is 5.26 Å². The maximum atomic E-state index is 9.17. The normalized spacial score (nSPS) is 10.9. The molecule has 0 unspecified atom stereocenters. The van der Waals surface area contributed by atoms with Crippen LogP contribution in [0.5, 0.6) is 5.75 Å². The number of hydrogen-bond acceptors (Lipinski definition) is 4. The standard InChI is InChI=1S/C16H17N3O/c1-11-9-12(5-6-14(11)20-4)13-7-8-18-15(19-13)16(2,3)10-17/h5-9H,1-4H3. The van der Waals surface area contributed by atoms with E-state index in [0.717, 1.165) is 22.6 Å². The molecule has 2 rings (SSSR count). The molecule has 1 aromatic heterocycles. The highest BCUT2D eigenvalue weighted by Crippen LogP contribution is 2.26. The van der Waals surface area contributed by atoms with Crippen LogP contribution in [0.2, 0.25) is 0 Å². The number of hydrogen-bond donors (Lipinski definition) is 0. The van der Waals surface area contributed by atoms with E-state index < -0.39 is 5.41 Å². The predicted molar refractivity (Wildman–Crippen MR) is 77.4 cm³/mol. The van der Waals surface area contributed by atoms with Crippen molar-refractivity contribution in [3.8, 4) is 23.1 Å². The summed E-state index contributed by atoms with van der Waals surface area (Å²) in [6, 6.07) is 9.96. The zero-order chi connectivity index (χ0) is 14.8. The molecular weight excluding hydrogens is 250 g/mol. The molecule has 0 saturated heterocycles. The number of benzene rings is 1. The number of aryl methyl sites for hydroxylation is 1. The first-order valence-corrected chi connectivity index (χ1v) is 6.38. The first-order chi connectivity index (χ1) is 9.47. The van der Waals surface area contributed by atoms with Crippen molar-refractivity contribution in [2.75, 3.05) is 7.11 Å². The van der Waals surface area contributed by atoms with Crippen LogP contribution >= 0.6 is 0 Å². The minimum Gasteiger partial charge on any atom is -0.496 e. The fourth-order valence-corrected chi connectivity index (χ4v) is 1.91. The topological polar surface area (TPSA) is 58.8 Å².